The van der Waals surface area contributed by atoms with E-state index in [4.69, 9.17) is 4.74 Å². The summed E-state index contributed by atoms with van der Waals surface area (Å²) in [6.07, 6.45) is 4.12. The van der Waals surface area contributed by atoms with Crippen molar-refractivity contribution in [3.05, 3.63) is 29.4 Å². The van der Waals surface area contributed by atoms with Gasteiger partial charge in [-0.2, -0.15) is 0 Å². The van der Waals surface area contributed by atoms with Crippen molar-refractivity contribution in [3.8, 4) is 16.5 Å². The van der Waals surface area contributed by atoms with Crippen molar-refractivity contribution in [2.45, 2.75) is 0 Å². The lowest BCUT2D eigenvalue weighted by Gasteiger charge is -1.93. The summed E-state index contributed by atoms with van der Waals surface area (Å²) < 4.78 is 4.99. The molecule has 76 valence electrons. The summed E-state index contributed by atoms with van der Waals surface area (Å²) in [5, 5.41) is 0.761. The number of carbonyl (C=O) groups is 1. The maximum absolute atomic E-state index is 10.7. The molecule has 0 radical (unpaired) electrons. The van der Waals surface area contributed by atoms with Gasteiger partial charge in [0.1, 0.15) is 9.88 Å². The number of pyridine rings is 1. The molecule has 0 atom stereocenters. The standard InChI is InChI=1S/C10H8N2O2S/c1-14-9-8(6-13)15-10(12-9)7-2-4-11-5-3-7/h2-6H,1H3. The van der Waals surface area contributed by atoms with E-state index >= 15 is 0 Å². The summed E-state index contributed by atoms with van der Waals surface area (Å²) in [4.78, 5) is 19.3. The van der Waals surface area contributed by atoms with Gasteiger partial charge in [-0.05, 0) is 12.1 Å². The summed E-state index contributed by atoms with van der Waals surface area (Å²) in [6, 6.07) is 3.68. The molecule has 2 aromatic heterocycles. The predicted octanol–water partition coefficient (Wildman–Crippen LogP) is 2.03. The molecule has 0 aliphatic rings. The Kier molecular flexibility index (Phi) is 2.73. The molecule has 0 unspecified atom stereocenters. The molecule has 0 aliphatic heterocycles. The molecule has 0 saturated carbocycles. The van der Waals surface area contributed by atoms with Crippen molar-refractivity contribution in [1.29, 1.82) is 0 Å². The minimum atomic E-state index is 0.377. The number of aromatic nitrogens is 2. The lowest BCUT2D eigenvalue weighted by Crippen LogP contribution is -1.86. The van der Waals surface area contributed by atoms with Crippen LogP contribution < -0.4 is 4.74 Å². The molecule has 0 aromatic carbocycles. The molecule has 0 bridgehead atoms. The van der Waals surface area contributed by atoms with Crippen LogP contribution in [-0.2, 0) is 0 Å². The molecule has 2 aromatic rings. The van der Waals surface area contributed by atoms with Crippen LogP contribution in [0.2, 0.25) is 0 Å². The van der Waals surface area contributed by atoms with Gasteiger partial charge in [0.05, 0.1) is 7.11 Å². The quantitative estimate of drug-likeness (QED) is 0.742. The molecule has 15 heavy (non-hydrogen) atoms. The van der Waals surface area contributed by atoms with E-state index in [1.54, 1.807) is 12.4 Å². The van der Waals surface area contributed by atoms with Gasteiger partial charge < -0.3 is 4.74 Å². The van der Waals surface area contributed by atoms with Gasteiger partial charge in [-0.3, -0.25) is 9.78 Å². The molecular formula is C10H8N2O2S. The highest BCUT2D eigenvalue weighted by Crippen LogP contribution is 2.30. The van der Waals surface area contributed by atoms with Crippen LogP contribution in [0.15, 0.2) is 24.5 Å². The van der Waals surface area contributed by atoms with Crippen molar-refractivity contribution in [3.63, 3.8) is 0 Å². The second-order valence-corrected chi connectivity index (χ2v) is 3.78. The number of nitrogens with zero attached hydrogens (tertiary/aromatic N) is 2. The van der Waals surface area contributed by atoms with Crippen LogP contribution in [0.3, 0.4) is 0 Å². The molecule has 0 N–H and O–H groups in total. The first-order chi connectivity index (χ1) is 7.35. The molecule has 0 fully saturated rings. The largest absolute Gasteiger partial charge is 0.480 e. The van der Waals surface area contributed by atoms with Crippen LogP contribution in [0, 0.1) is 0 Å². The first-order valence-electron chi connectivity index (χ1n) is 4.25. The molecule has 2 rings (SSSR count). The normalized spacial score (nSPS) is 9.93. The number of ether oxygens (including phenoxy) is 1. The zero-order valence-corrected chi connectivity index (χ0v) is 8.82. The van der Waals surface area contributed by atoms with E-state index < -0.39 is 0 Å². The van der Waals surface area contributed by atoms with Crippen LogP contribution in [0.1, 0.15) is 9.67 Å². The van der Waals surface area contributed by atoms with Crippen LogP contribution >= 0.6 is 11.3 Å². The average Bonchev–Trinajstić information content (AvgIpc) is 2.73. The van der Waals surface area contributed by atoms with Gasteiger partial charge in [-0.1, -0.05) is 0 Å². The summed E-state index contributed by atoms with van der Waals surface area (Å²) in [5.41, 5.74) is 0.932. The molecule has 4 nitrogen and oxygen atoms in total. The fraction of sp³-hybridized carbons (Fsp3) is 0.100. The topological polar surface area (TPSA) is 52.1 Å². The third-order valence-electron chi connectivity index (χ3n) is 1.85. The zero-order chi connectivity index (χ0) is 10.7. The minimum absolute atomic E-state index is 0.377. The van der Waals surface area contributed by atoms with Gasteiger partial charge in [0, 0.05) is 18.0 Å². The Bertz CT molecular complexity index is 468. The molecule has 0 aliphatic carbocycles. The molecule has 0 amide bonds. The highest BCUT2D eigenvalue weighted by Gasteiger charge is 2.11. The van der Waals surface area contributed by atoms with Crippen molar-refractivity contribution in [1.82, 2.24) is 9.97 Å². The van der Waals surface area contributed by atoms with Crippen LogP contribution in [0.25, 0.3) is 10.6 Å². The smallest absolute Gasteiger partial charge is 0.235 e. The number of methoxy groups -OCH3 is 1. The van der Waals surface area contributed by atoms with Crippen molar-refractivity contribution in [2.24, 2.45) is 0 Å². The van der Waals surface area contributed by atoms with E-state index in [0.717, 1.165) is 16.9 Å². The molecule has 2 heterocycles. The summed E-state index contributed by atoms with van der Waals surface area (Å²) >= 11 is 1.31. The Balaban J connectivity index is 2.46. The Morgan fingerprint density at radius 3 is 2.67 bits per heavy atom. The van der Waals surface area contributed by atoms with E-state index in [0.29, 0.717) is 10.8 Å². The number of carbonyl (C=O) groups excluding carboxylic acids is 1. The van der Waals surface area contributed by atoms with E-state index in [1.807, 2.05) is 12.1 Å². The highest BCUT2D eigenvalue weighted by molar-refractivity contribution is 7.16. The maximum Gasteiger partial charge on any atom is 0.235 e. The monoisotopic (exact) mass is 220 g/mol. The van der Waals surface area contributed by atoms with Crippen molar-refractivity contribution < 1.29 is 9.53 Å². The Labute approximate surface area is 90.6 Å². The number of thiazole rings is 1. The molecule has 0 saturated heterocycles. The Hall–Kier alpha value is -1.75. The summed E-state index contributed by atoms with van der Waals surface area (Å²) in [5.74, 6) is 0.377. The second-order valence-electron chi connectivity index (χ2n) is 2.75. The molecule has 0 spiro atoms. The number of hydrogen-bond acceptors (Lipinski definition) is 5. The van der Waals surface area contributed by atoms with Gasteiger partial charge in [0.25, 0.3) is 0 Å². The van der Waals surface area contributed by atoms with Crippen molar-refractivity contribution in [2.75, 3.05) is 7.11 Å². The van der Waals surface area contributed by atoms with Gasteiger partial charge in [0.15, 0.2) is 6.29 Å². The number of aldehydes is 1. The van der Waals surface area contributed by atoms with E-state index in [1.165, 1.54) is 18.4 Å². The number of hydrogen-bond donors (Lipinski definition) is 0. The molecular weight excluding hydrogens is 212 g/mol. The average molecular weight is 220 g/mol. The van der Waals surface area contributed by atoms with E-state index in [-0.39, 0.29) is 0 Å². The Morgan fingerprint density at radius 1 is 1.40 bits per heavy atom. The van der Waals surface area contributed by atoms with E-state index in [2.05, 4.69) is 9.97 Å². The predicted molar refractivity (Wildman–Crippen MR) is 57.3 cm³/mol. The van der Waals surface area contributed by atoms with Gasteiger partial charge in [-0.15, -0.1) is 11.3 Å². The van der Waals surface area contributed by atoms with Crippen LogP contribution in [-0.4, -0.2) is 23.4 Å². The molecule has 5 heteroatoms. The fourth-order valence-electron chi connectivity index (χ4n) is 1.16. The van der Waals surface area contributed by atoms with E-state index in [9.17, 15) is 4.79 Å². The van der Waals surface area contributed by atoms with Crippen molar-refractivity contribution >= 4 is 17.6 Å². The summed E-state index contributed by atoms with van der Waals surface area (Å²) in [7, 11) is 1.50. The minimum Gasteiger partial charge on any atom is -0.480 e. The van der Waals surface area contributed by atoms with Crippen LogP contribution in [0.4, 0.5) is 0 Å². The second kappa shape index (κ2) is 4.18. The third-order valence-corrected chi connectivity index (χ3v) is 2.86. The third kappa shape index (κ3) is 1.87. The lowest BCUT2D eigenvalue weighted by molar-refractivity contribution is 0.112. The first kappa shape index (κ1) is 9.79. The fourth-order valence-corrected chi connectivity index (χ4v) is 2.01. The Morgan fingerprint density at radius 2 is 2.13 bits per heavy atom. The lowest BCUT2D eigenvalue weighted by atomic mass is 10.3. The van der Waals surface area contributed by atoms with Gasteiger partial charge in [0.2, 0.25) is 5.88 Å². The van der Waals surface area contributed by atoms with Gasteiger partial charge >= 0.3 is 0 Å². The SMILES string of the molecule is COc1nc(-c2ccncc2)sc1C=O. The number of rotatable bonds is 3. The maximum atomic E-state index is 10.7. The highest BCUT2D eigenvalue weighted by atomic mass is 32.1. The zero-order valence-electron chi connectivity index (χ0n) is 8.01. The first-order valence-corrected chi connectivity index (χ1v) is 5.07. The van der Waals surface area contributed by atoms with Gasteiger partial charge in [-0.25, -0.2) is 4.98 Å². The van der Waals surface area contributed by atoms with Crippen LogP contribution in [0.5, 0.6) is 5.88 Å². The summed E-state index contributed by atoms with van der Waals surface area (Å²) in [6.45, 7) is 0.